The predicted octanol–water partition coefficient (Wildman–Crippen LogP) is 7.83. The van der Waals surface area contributed by atoms with Crippen LogP contribution in [-0.4, -0.2) is 29.2 Å². The first-order valence-electron chi connectivity index (χ1n) is 12.5. The van der Waals surface area contributed by atoms with E-state index in [1.54, 1.807) is 18.3 Å². The zero-order valence-electron chi connectivity index (χ0n) is 22.0. The van der Waals surface area contributed by atoms with E-state index in [1.165, 1.54) is 6.92 Å². The van der Waals surface area contributed by atoms with Crippen molar-refractivity contribution in [3.8, 4) is 28.4 Å². The number of rotatable bonds is 10. The molecule has 0 aliphatic rings. The van der Waals surface area contributed by atoms with E-state index in [2.05, 4.69) is 29.6 Å². The molecule has 200 valence electrons. The van der Waals surface area contributed by atoms with Crippen molar-refractivity contribution in [1.29, 1.82) is 0 Å². The van der Waals surface area contributed by atoms with Crippen LogP contribution in [0.2, 0.25) is 25.7 Å². The molecule has 0 saturated carbocycles. The maximum atomic E-state index is 13.9. The van der Waals surface area contributed by atoms with E-state index in [9.17, 15) is 13.2 Å². The highest BCUT2D eigenvalue weighted by Gasteiger charge is 2.38. The van der Waals surface area contributed by atoms with Crippen LogP contribution < -0.4 is 4.74 Å². The summed E-state index contributed by atoms with van der Waals surface area (Å²) in [6, 6.07) is 21.8. The normalized spacial score (nSPS) is 12.1. The predicted molar refractivity (Wildman–Crippen MR) is 146 cm³/mol. The SMILES string of the molecule is Cc1nc(-c2ccc(-c3ccc(OCc4ccccc4)cc3)nc2)n(COCC[Si](C)(C)C)c1C(F)(F)F. The maximum absolute atomic E-state index is 13.9. The first-order chi connectivity index (χ1) is 18.0. The number of aromatic nitrogens is 3. The Labute approximate surface area is 222 Å². The average Bonchev–Trinajstić information content (AvgIpc) is 3.22. The molecule has 0 unspecified atom stereocenters. The molecule has 0 saturated heterocycles. The Kier molecular flexibility index (Phi) is 8.37. The summed E-state index contributed by atoms with van der Waals surface area (Å²) in [5.74, 6) is 0.923. The Morgan fingerprint density at radius 1 is 0.895 bits per heavy atom. The Bertz CT molecular complexity index is 1330. The molecule has 0 atom stereocenters. The first-order valence-corrected chi connectivity index (χ1v) is 16.2. The molecule has 0 aliphatic heterocycles. The molecule has 4 rings (SSSR count). The van der Waals surface area contributed by atoms with Crippen LogP contribution in [0.1, 0.15) is 17.0 Å². The van der Waals surface area contributed by atoms with Crippen LogP contribution in [0.15, 0.2) is 72.9 Å². The fourth-order valence-electron chi connectivity index (χ4n) is 3.97. The van der Waals surface area contributed by atoms with Crippen LogP contribution in [0.5, 0.6) is 5.75 Å². The number of hydrogen-bond acceptors (Lipinski definition) is 4. The molecule has 38 heavy (non-hydrogen) atoms. The zero-order valence-corrected chi connectivity index (χ0v) is 23.0. The molecule has 0 amide bonds. The minimum Gasteiger partial charge on any atom is -0.489 e. The topological polar surface area (TPSA) is 49.2 Å². The summed E-state index contributed by atoms with van der Waals surface area (Å²) < 4.78 is 54.2. The Balaban J connectivity index is 1.51. The number of hydrogen-bond donors (Lipinski definition) is 0. The first kappa shape index (κ1) is 27.6. The monoisotopic (exact) mass is 539 g/mol. The minimum absolute atomic E-state index is 0.0866. The number of ether oxygens (including phenoxy) is 2. The molecule has 0 fully saturated rings. The van der Waals surface area contributed by atoms with Gasteiger partial charge in [0.2, 0.25) is 0 Å². The molecule has 2 aromatic heterocycles. The van der Waals surface area contributed by atoms with Gasteiger partial charge in [-0.15, -0.1) is 0 Å². The molecule has 2 aromatic carbocycles. The molecule has 0 N–H and O–H groups in total. The van der Waals surface area contributed by atoms with Crippen LogP contribution in [0.3, 0.4) is 0 Å². The summed E-state index contributed by atoms with van der Waals surface area (Å²) in [6.45, 7) is 8.62. The van der Waals surface area contributed by atoms with Gasteiger partial charge in [0.25, 0.3) is 0 Å². The average molecular weight is 540 g/mol. The van der Waals surface area contributed by atoms with Gasteiger partial charge in [-0.25, -0.2) is 4.98 Å². The fraction of sp³-hybridized carbons (Fsp3) is 0.310. The molecular weight excluding hydrogens is 507 g/mol. The van der Waals surface area contributed by atoms with Crippen molar-refractivity contribution in [2.24, 2.45) is 0 Å². The van der Waals surface area contributed by atoms with Crippen molar-refractivity contribution in [3.05, 3.63) is 89.9 Å². The van der Waals surface area contributed by atoms with Crippen LogP contribution >= 0.6 is 0 Å². The van der Waals surface area contributed by atoms with Gasteiger partial charge in [0.1, 0.15) is 30.6 Å². The van der Waals surface area contributed by atoms with Crippen molar-refractivity contribution >= 4 is 8.07 Å². The molecule has 0 aliphatic carbocycles. The lowest BCUT2D eigenvalue weighted by Crippen LogP contribution is -2.23. The third kappa shape index (κ3) is 7.11. The Morgan fingerprint density at radius 3 is 2.18 bits per heavy atom. The molecule has 0 spiro atoms. The lowest BCUT2D eigenvalue weighted by atomic mass is 10.1. The van der Waals surface area contributed by atoms with Gasteiger partial charge in [0.15, 0.2) is 0 Å². The number of nitrogens with zero attached hydrogens (tertiary/aromatic N) is 3. The Morgan fingerprint density at radius 2 is 1.58 bits per heavy atom. The number of pyridine rings is 1. The zero-order chi connectivity index (χ0) is 27.3. The van der Waals surface area contributed by atoms with Crippen molar-refractivity contribution in [1.82, 2.24) is 14.5 Å². The largest absolute Gasteiger partial charge is 0.489 e. The molecule has 4 aromatic rings. The van der Waals surface area contributed by atoms with Gasteiger partial charge in [0.05, 0.1) is 11.4 Å². The van der Waals surface area contributed by atoms with Crippen LogP contribution in [0.25, 0.3) is 22.6 Å². The standard InChI is InChI=1S/C29H32F3N3O2Si/c1-21-27(29(30,31)32)35(20-36-16-17-38(2,3)4)28(34-21)24-12-15-26(33-18-24)23-10-13-25(14-11-23)37-19-22-8-6-5-7-9-22/h5-15,18H,16-17,19-20H2,1-4H3. The van der Waals surface area contributed by atoms with E-state index in [-0.39, 0.29) is 18.2 Å². The second-order valence-corrected chi connectivity index (χ2v) is 16.0. The quantitative estimate of drug-likeness (QED) is 0.152. The van der Waals surface area contributed by atoms with E-state index < -0.39 is 19.9 Å². The van der Waals surface area contributed by atoms with Gasteiger partial charge < -0.3 is 9.47 Å². The maximum Gasteiger partial charge on any atom is 0.433 e. The molecule has 5 nitrogen and oxygen atoms in total. The molecular formula is C29H32F3N3O2Si. The molecule has 0 bridgehead atoms. The van der Waals surface area contributed by atoms with E-state index >= 15 is 0 Å². The Hall–Kier alpha value is -3.43. The molecule has 2 heterocycles. The highest BCUT2D eigenvalue weighted by Crippen LogP contribution is 2.35. The molecule has 0 radical (unpaired) electrons. The smallest absolute Gasteiger partial charge is 0.433 e. The van der Waals surface area contributed by atoms with Crippen LogP contribution in [0, 0.1) is 6.92 Å². The summed E-state index contributed by atoms with van der Waals surface area (Å²) in [6.07, 6.45) is -3.00. The van der Waals surface area contributed by atoms with E-state index in [0.29, 0.717) is 24.5 Å². The van der Waals surface area contributed by atoms with Crippen LogP contribution in [-0.2, 0) is 24.3 Å². The number of imidazole rings is 1. The van der Waals surface area contributed by atoms with Gasteiger partial charge in [-0.2, -0.15) is 13.2 Å². The van der Waals surface area contributed by atoms with E-state index in [0.717, 1.165) is 27.5 Å². The highest BCUT2D eigenvalue weighted by atomic mass is 28.3. The summed E-state index contributed by atoms with van der Waals surface area (Å²) in [5.41, 5.74) is 2.25. The lowest BCUT2D eigenvalue weighted by Gasteiger charge is -2.18. The highest BCUT2D eigenvalue weighted by molar-refractivity contribution is 6.76. The number of aryl methyl sites for hydroxylation is 1. The summed E-state index contributed by atoms with van der Waals surface area (Å²) in [7, 11) is -1.37. The van der Waals surface area contributed by atoms with Gasteiger partial charge in [-0.1, -0.05) is 50.0 Å². The molecule has 9 heteroatoms. The van der Waals surface area contributed by atoms with Gasteiger partial charge in [-0.05, 0) is 54.9 Å². The number of alkyl halides is 3. The lowest BCUT2D eigenvalue weighted by molar-refractivity contribution is -0.146. The summed E-state index contributed by atoms with van der Waals surface area (Å²) >= 11 is 0. The van der Waals surface area contributed by atoms with Crippen molar-refractivity contribution in [2.45, 2.75) is 52.1 Å². The van der Waals surface area contributed by atoms with Gasteiger partial charge in [0, 0.05) is 32.0 Å². The third-order valence-corrected chi connectivity index (χ3v) is 7.75. The van der Waals surface area contributed by atoms with Crippen molar-refractivity contribution in [3.63, 3.8) is 0 Å². The van der Waals surface area contributed by atoms with E-state index in [4.69, 9.17) is 9.47 Å². The third-order valence-electron chi connectivity index (χ3n) is 6.05. The second kappa shape index (κ2) is 11.5. The fourth-order valence-corrected chi connectivity index (χ4v) is 4.73. The van der Waals surface area contributed by atoms with Crippen molar-refractivity contribution < 1.29 is 22.6 Å². The minimum atomic E-state index is -4.55. The number of halogens is 3. The van der Waals surface area contributed by atoms with Gasteiger partial charge in [-0.3, -0.25) is 9.55 Å². The summed E-state index contributed by atoms with van der Waals surface area (Å²) in [4.78, 5) is 8.76. The van der Waals surface area contributed by atoms with Crippen LogP contribution in [0.4, 0.5) is 13.2 Å². The van der Waals surface area contributed by atoms with E-state index in [1.807, 2.05) is 54.6 Å². The summed E-state index contributed by atoms with van der Waals surface area (Å²) in [5, 5.41) is 0. The number of benzene rings is 2. The van der Waals surface area contributed by atoms with Gasteiger partial charge >= 0.3 is 6.18 Å². The second-order valence-electron chi connectivity index (χ2n) is 10.4. The van der Waals surface area contributed by atoms with Crippen molar-refractivity contribution in [2.75, 3.05) is 6.61 Å².